The van der Waals surface area contributed by atoms with E-state index in [-0.39, 0.29) is 18.2 Å². The Morgan fingerprint density at radius 3 is 2.27 bits per heavy atom. The van der Waals surface area contributed by atoms with Crippen LogP contribution < -0.4 is 4.72 Å². The van der Waals surface area contributed by atoms with Crippen LogP contribution in [0, 0.1) is 0 Å². The van der Waals surface area contributed by atoms with Gasteiger partial charge in [-0.25, -0.2) is 4.72 Å². The number of likely N-dealkylation sites (N-methyl/N-ethyl adjacent to an activating group) is 1. The molecule has 0 aromatic heterocycles. The summed E-state index contributed by atoms with van der Waals surface area (Å²) < 4.78 is 35.5. The summed E-state index contributed by atoms with van der Waals surface area (Å²) in [6, 6.07) is 10.4. The van der Waals surface area contributed by atoms with Crippen molar-refractivity contribution in [2.75, 3.05) is 32.7 Å². The zero-order valence-corrected chi connectivity index (χ0v) is 17.2. The topological polar surface area (TPSA) is 61.9 Å². The lowest BCUT2D eigenvalue weighted by atomic mass is 10.0. The van der Waals surface area contributed by atoms with Gasteiger partial charge in [0.15, 0.2) is 0 Å². The van der Waals surface area contributed by atoms with Crippen LogP contribution in [0.5, 0.6) is 0 Å². The maximum Gasteiger partial charge on any atom is 0.279 e. The lowest BCUT2D eigenvalue weighted by Crippen LogP contribution is -2.54. The van der Waals surface area contributed by atoms with E-state index in [1.54, 1.807) is 0 Å². The average molecular weight is 384 g/mol. The molecular weight excluding hydrogens is 350 g/mol. The molecule has 26 heavy (non-hydrogen) atoms. The summed E-state index contributed by atoms with van der Waals surface area (Å²) in [7, 11) is -3.51. The molecule has 1 aliphatic heterocycles. The zero-order chi connectivity index (χ0) is 19.2. The first-order chi connectivity index (χ1) is 12.4. The van der Waals surface area contributed by atoms with Gasteiger partial charge in [0.05, 0.1) is 12.2 Å². The standard InChI is InChI=1S/C19H33N3O3S/c1-5-21(6-2)19(12-18-10-8-7-9-11-18)13-20-26(23,24)22-14-16(3)25-17(4)15-22/h7-11,16-17,19-20H,5-6,12-15H2,1-4H3. The van der Waals surface area contributed by atoms with Gasteiger partial charge in [0.1, 0.15) is 0 Å². The molecule has 0 spiro atoms. The molecule has 1 aromatic rings. The molecule has 0 bridgehead atoms. The van der Waals surface area contributed by atoms with Crippen LogP contribution in [0.1, 0.15) is 33.3 Å². The third-order valence-corrected chi connectivity index (χ3v) is 6.38. The van der Waals surface area contributed by atoms with Crippen molar-refractivity contribution in [3.05, 3.63) is 35.9 Å². The maximum atomic E-state index is 12.8. The van der Waals surface area contributed by atoms with E-state index in [0.29, 0.717) is 19.6 Å². The number of morpholine rings is 1. The van der Waals surface area contributed by atoms with Gasteiger partial charge in [0, 0.05) is 25.7 Å². The fourth-order valence-corrected chi connectivity index (χ4v) is 4.97. The second kappa shape index (κ2) is 9.80. The number of hydrogen-bond acceptors (Lipinski definition) is 4. The van der Waals surface area contributed by atoms with Crippen molar-refractivity contribution in [1.82, 2.24) is 13.9 Å². The first kappa shape index (κ1) is 21.3. The van der Waals surface area contributed by atoms with Gasteiger partial charge in [0.2, 0.25) is 0 Å². The third kappa shape index (κ3) is 6.03. The van der Waals surface area contributed by atoms with Crippen molar-refractivity contribution >= 4 is 10.2 Å². The summed E-state index contributed by atoms with van der Waals surface area (Å²) in [5.41, 5.74) is 1.22. The molecule has 3 atom stereocenters. The minimum absolute atomic E-state index is 0.0850. The highest BCUT2D eigenvalue weighted by atomic mass is 32.2. The highest BCUT2D eigenvalue weighted by Crippen LogP contribution is 2.14. The van der Waals surface area contributed by atoms with E-state index in [4.69, 9.17) is 4.74 Å². The lowest BCUT2D eigenvalue weighted by molar-refractivity contribution is -0.0444. The summed E-state index contributed by atoms with van der Waals surface area (Å²) in [4.78, 5) is 2.31. The predicted molar refractivity (Wildman–Crippen MR) is 105 cm³/mol. The van der Waals surface area contributed by atoms with E-state index in [0.717, 1.165) is 19.5 Å². The van der Waals surface area contributed by atoms with Gasteiger partial charge in [-0.3, -0.25) is 4.90 Å². The predicted octanol–water partition coefficient (Wildman–Crippen LogP) is 1.88. The quantitative estimate of drug-likeness (QED) is 0.707. The van der Waals surface area contributed by atoms with Crippen molar-refractivity contribution in [2.24, 2.45) is 0 Å². The summed E-state index contributed by atoms with van der Waals surface area (Å²) in [5, 5.41) is 0. The summed E-state index contributed by atoms with van der Waals surface area (Å²) in [5.74, 6) is 0. The third-order valence-electron chi connectivity index (χ3n) is 4.87. The van der Waals surface area contributed by atoms with E-state index >= 15 is 0 Å². The SMILES string of the molecule is CCN(CC)C(CNS(=O)(=O)N1CC(C)OC(C)C1)Cc1ccccc1. The number of rotatable bonds is 9. The van der Waals surface area contributed by atoms with Crippen molar-refractivity contribution < 1.29 is 13.2 Å². The van der Waals surface area contributed by atoms with Crippen LogP contribution in [-0.2, 0) is 21.4 Å². The summed E-state index contributed by atoms with van der Waals surface area (Å²) in [6.45, 7) is 11.0. The van der Waals surface area contributed by atoms with E-state index in [1.165, 1.54) is 9.87 Å². The van der Waals surface area contributed by atoms with Gasteiger partial charge >= 0.3 is 0 Å². The lowest BCUT2D eigenvalue weighted by Gasteiger charge is -2.35. The second-order valence-corrected chi connectivity index (χ2v) is 8.75. The van der Waals surface area contributed by atoms with E-state index in [9.17, 15) is 8.42 Å². The molecule has 7 heteroatoms. The van der Waals surface area contributed by atoms with Crippen LogP contribution in [0.4, 0.5) is 0 Å². The molecule has 1 fully saturated rings. The molecule has 1 heterocycles. The number of hydrogen-bond donors (Lipinski definition) is 1. The van der Waals surface area contributed by atoms with Gasteiger partial charge < -0.3 is 4.74 Å². The van der Waals surface area contributed by atoms with Crippen LogP contribution in [0.3, 0.4) is 0 Å². The van der Waals surface area contributed by atoms with Gasteiger partial charge in [-0.15, -0.1) is 0 Å². The number of benzene rings is 1. The Labute approximate surface area is 158 Å². The number of ether oxygens (including phenoxy) is 1. The van der Waals surface area contributed by atoms with Gasteiger partial charge in [0.25, 0.3) is 10.2 Å². The molecule has 0 saturated carbocycles. The van der Waals surface area contributed by atoms with Crippen LogP contribution in [0.15, 0.2) is 30.3 Å². The van der Waals surface area contributed by atoms with Crippen molar-refractivity contribution in [3.8, 4) is 0 Å². The van der Waals surface area contributed by atoms with Crippen LogP contribution in [0.2, 0.25) is 0 Å². The number of nitrogens with zero attached hydrogens (tertiary/aromatic N) is 2. The van der Waals surface area contributed by atoms with Gasteiger partial charge in [-0.1, -0.05) is 44.2 Å². The Bertz CT molecular complexity index is 625. The fourth-order valence-electron chi connectivity index (χ4n) is 3.58. The molecule has 3 unspecified atom stereocenters. The molecule has 2 rings (SSSR count). The van der Waals surface area contributed by atoms with Crippen LogP contribution >= 0.6 is 0 Å². The summed E-state index contributed by atoms with van der Waals surface area (Å²) in [6.07, 6.45) is 0.650. The maximum absolute atomic E-state index is 12.8. The smallest absolute Gasteiger partial charge is 0.279 e. The molecule has 1 N–H and O–H groups in total. The van der Waals surface area contributed by atoms with Crippen LogP contribution in [0.25, 0.3) is 0 Å². The Kier molecular flexibility index (Phi) is 8.04. The van der Waals surface area contributed by atoms with Gasteiger partial charge in [-0.05, 0) is 38.9 Å². The molecule has 1 aromatic carbocycles. The van der Waals surface area contributed by atoms with Crippen LogP contribution in [-0.4, -0.2) is 68.6 Å². The Hall–Kier alpha value is -0.990. The van der Waals surface area contributed by atoms with Crippen molar-refractivity contribution in [2.45, 2.75) is 52.4 Å². The Morgan fingerprint density at radius 2 is 1.73 bits per heavy atom. The zero-order valence-electron chi connectivity index (χ0n) is 16.4. The summed E-state index contributed by atoms with van der Waals surface area (Å²) >= 11 is 0. The highest BCUT2D eigenvalue weighted by molar-refractivity contribution is 7.87. The van der Waals surface area contributed by atoms with E-state index < -0.39 is 10.2 Å². The average Bonchev–Trinajstić information content (AvgIpc) is 2.60. The second-order valence-electron chi connectivity index (χ2n) is 6.99. The van der Waals surface area contributed by atoms with Gasteiger partial charge in [-0.2, -0.15) is 12.7 Å². The molecular formula is C19H33N3O3S. The highest BCUT2D eigenvalue weighted by Gasteiger charge is 2.31. The largest absolute Gasteiger partial charge is 0.373 e. The Balaban J connectivity index is 2.05. The van der Waals surface area contributed by atoms with E-state index in [1.807, 2.05) is 32.0 Å². The molecule has 148 valence electrons. The normalized spacial score (nSPS) is 23.3. The van der Waals surface area contributed by atoms with E-state index in [2.05, 4.69) is 35.6 Å². The molecule has 0 amide bonds. The first-order valence-corrected chi connectivity index (χ1v) is 11.0. The minimum Gasteiger partial charge on any atom is -0.373 e. The molecule has 0 aliphatic carbocycles. The molecule has 1 saturated heterocycles. The molecule has 0 radical (unpaired) electrons. The van der Waals surface area contributed by atoms with Crippen molar-refractivity contribution in [1.29, 1.82) is 0 Å². The Morgan fingerprint density at radius 1 is 1.15 bits per heavy atom. The van der Waals surface area contributed by atoms with Crippen molar-refractivity contribution in [3.63, 3.8) is 0 Å². The molecule has 1 aliphatic rings. The number of nitrogens with one attached hydrogen (secondary N) is 1. The monoisotopic (exact) mass is 383 g/mol. The first-order valence-electron chi connectivity index (χ1n) is 9.53. The molecule has 6 nitrogen and oxygen atoms in total. The fraction of sp³-hybridized carbons (Fsp3) is 0.684. The minimum atomic E-state index is -3.51.